The molecule has 2 fully saturated rings. The minimum absolute atomic E-state index is 0.520. The molecule has 0 aliphatic heterocycles. The molecule has 1 aromatic carbocycles. The molecule has 0 radical (unpaired) electrons. The van der Waals surface area contributed by atoms with Crippen molar-refractivity contribution in [1.82, 2.24) is 5.32 Å². The Kier molecular flexibility index (Phi) is 3.29. The Morgan fingerprint density at radius 3 is 2.44 bits per heavy atom. The fourth-order valence-corrected chi connectivity index (χ4v) is 4.14. The second-order valence-corrected chi connectivity index (χ2v) is 5.88. The maximum absolute atomic E-state index is 5.24. The van der Waals surface area contributed by atoms with E-state index in [1.807, 2.05) is 0 Å². The highest BCUT2D eigenvalue weighted by Gasteiger charge is 2.42. The van der Waals surface area contributed by atoms with Crippen molar-refractivity contribution in [2.45, 2.75) is 31.7 Å². The third kappa shape index (κ3) is 2.03. The fourth-order valence-electron chi connectivity index (χ4n) is 4.14. The Morgan fingerprint density at radius 2 is 1.94 bits per heavy atom. The quantitative estimate of drug-likeness (QED) is 0.878. The van der Waals surface area contributed by atoms with Gasteiger partial charge >= 0.3 is 0 Å². The number of hydrogen-bond donors (Lipinski definition) is 1. The molecule has 2 saturated carbocycles. The van der Waals surface area contributed by atoms with Gasteiger partial charge in [0, 0.05) is 6.04 Å². The van der Waals surface area contributed by atoms with Crippen molar-refractivity contribution in [3.8, 4) is 5.75 Å². The van der Waals surface area contributed by atoms with E-state index in [2.05, 4.69) is 36.6 Å². The Labute approximate surface area is 110 Å². The summed E-state index contributed by atoms with van der Waals surface area (Å²) in [6.45, 7) is 0. The highest BCUT2D eigenvalue weighted by atomic mass is 16.5. The van der Waals surface area contributed by atoms with Crippen molar-refractivity contribution >= 4 is 0 Å². The highest BCUT2D eigenvalue weighted by molar-refractivity contribution is 5.29. The lowest BCUT2D eigenvalue weighted by Crippen LogP contribution is -2.28. The molecule has 0 heterocycles. The van der Waals surface area contributed by atoms with Crippen LogP contribution < -0.4 is 10.1 Å². The first-order valence-electron chi connectivity index (χ1n) is 7.13. The van der Waals surface area contributed by atoms with Crippen LogP contribution in [0, 0.1) is 17.8 Å². The zero-order valence-corrected chi connectivity index (χ0v) is 11.4. The molecule has 1 N–H and O–H groups in total. The predicted molar refractivity (Wildman–Crippen MR) is 73.7 cm³/mol. The average Bonchev–Trinajstić information content (AvgIpc) is 3.03. The van der Waals surface area contributed by atoms with Crippen LogP contribution in [-0.2, 0) is 0 Å². The van der Waals surface area contributed by atoms with Crippen LogP contribution >= 0.6 is 0 Å². The van der Waals surface area contributed by atoms with Gasteiger partial charge in [0.2, 0.25) is 0 Å². The Morgan fingerprint density at radius 1 is 1.17 bits per heavy atom. The summed E-state index contributed by atoms with van der Waals surface area (Å²) in [6, 6.07) is 9.10. The second-order valence-electron chi connectivity index (χ2n) is 5.88. The summed E-state index contributed by atoms with van der Waals surface area (Å²) in [5.74, 6) is 3.74. The third-order valence-corrected chi connectivity index (χ3v) is 5.01. The van der Waals surface area contributed by atoms with Gasteiger partial charge in [0.15, 0.2) is 0 Å². The molecule has 0 aromatic heterocycles. The molecule has 3 rings (SSSR count). The number of nitrogens with one attached hydrogen (secondary N) is 1. The number of rotatable bonds is 4. The molecule has 4 unspecified atom stereocenters. The molecule has 1 aromatic rings. The van der Waals surface area contributed by atoms with Crippen LogP contribution in [0.2, 0.25) is 0 Å². The highest BCUT2D eigenvalue weighted by Crippen LogP contribution is 2.52. The van der Waals surface area contributed by atoms with Crippen LogP contribution in [0.25, 0.3) is 0 Å². The zero-order valence-electron chi connectivity index (χ0n) is 11.4. The maximum atomic E-state index is 5.24. The fraction of sp³-hybridized carbons (Fsp3) is 0.625. The largest absolute Gasteiger partial charge is 0.497 e. The standard InChI is InChI=1S/C16H23NO/c1-17-16(12-5-7-14(18-2)8-6-12)15-10-11-3-4-13(15)9-11/h5-8,11,13,15-17H,3-4,9-10H2,1-2H3. The van der Waals surface area contributed by atoms with Crippen molar-refractivity contribution in [2.75, 3.05) is 14.2 Å². The van der Waals surface area contributed by atoms with E-state index in [9.17, 15) is 0 Å². The van der Waals surface area contributed by atoms with Crippen LogP contribution in [0.1, 0.15) is 37.3 Å². The number of hydrogen-bond acceptors (Lipinski definition) is 2. The smallest absolute Gasteiger partial charge is 0.118 e. The molecular formula is C16H23NO. The second kappa shape index (κ2) is 4.93. The van der Waals surface area contributed by atoms with E-state index >= 15 is 0 Å². The number of methoxy groups -OCH3 is 1. The van der Waals surface area contributed by atoms with Gasteiger partial charge in [-0.15, -0.1) is 0 Å². The maximum Gasteiger partial charge on any atom is 0.118 e. The number of benzene rings is 1. The summed E-state index contributed by atoms with van der Waals surface area (Å²) < 4.78 is 5.24. The molecule has 18 heavy (non-hydrogen) atoms. The average molecular weight is 245 g/mol. The van der Waals surface area contributed by atoms with E-state index in [1.54, 1.807) is 7.11 Å². The monoisotopic (exact) mass is 245 g/mol. The van der Waals surface area contributed by atoms with Crippen molar-refractivity contribution in [2.24, 2.45) is 17.8 Å². The van der Waals surface area contributed by atoms with Gasteiger partial charge in [0.05, 0.1) is 7.11 Å². The first-order valence-corrected chi connectivity index (χ1v) is 7.13. The van der Waals surface area contributed by atoms with Crippen LogP contribution in [0.4, 0.5) is 0 Å². The van der Waals surface area contributed by atoms with E-state index in [-0.39, 0.29) is 0 Å². The third-order valence-electron chi connectivity index (χ3n) is 5.01. The topological polar surface area (TPSA) is 21.3 Å². The Bertz CT molecular complexity index is 400. The molecule has 2 nitrogen and oxygen atoms in total. The number of ether oxygens (including phenoxy) is 1. The van der Waals surface area contributed by atoms with Crippen LogP contribution in [0.15, 0.2) is 24.3 Å². The molecule has 2 heteroatoms. The summed E-state index contributed by atoms with van der Waals surface area (Å²) in [5, 5.41) is 3.54. The summed E-state index contributed by atoms with van der Waals surface area (Å²) in [6.07, 6.45) is 5.81. The molecule has 0 spiro atoms. The lowest BCUT2D eigenvalue weighted by molar-refractivity contribution is 0.259. The molecule has 2 bridgehead atoms. The van der Waals surface area contributed by atoms with Crippen LogP contribution in [-0.4, -0.2) is 14.2 Å². The van der Waals surface area contributed by atoms with Crippen LogP contribution in [0.5, 0.6) is 5.75 Å². The minimum atomic E-state index is 0.520. The van der Waals surface area contributed by atoms with Gasteiger partial charge in [-0.3, -0.25) is 0 Å². The normalized spacial score (nSPS) is 31.6. The molecule has 2 aliphatic carbocycles. The van der Waals surface area contributed by atoms with E-state index in [4.69, 9.17) is 4.74 Å². The summed E-state index contributed by atoms with van der Waals surface area (Å²) >= 11 is 0. The zero-order chi connectivity index (χ0) is 12.5. The summed E-state index contributed by atoms with van der Waals surface area (Å²) in [5.41, 5.74) is 1.41. The molecule has 98 valence electrons. The minimum Gasteiger partial charge on any atom is -0.497 e. The molecule has 2 aliphatic rings. The molecule has 0 amide bonds. The molecule has 4 atom stereocenters. The lowest BCUT2D eigenvalue weighted by Gasteiger charge is -2.30. The van der Waals surface area contributed by atoms with Gasteiger partial charge < -0.3 is 10.1 Å². The SMILES string of the molecule is CNC(c1ccc(OC)cc1)C1CC2CCC1C2. The van der Waals surface area contributed by atoms with Gasteiger partial charge in [0.25, 0.3) is 0 Å². The van der Waals surface area contributed by atoms with E-state index in [0.29, 0.717) is 6.04 Å². The Balaban J connectivity index is 1.79. The van der Waals surface area contributed by atoms with Gasteiger partial charge in [-0.25, -0.2) is 0 Å². The summed E-state index contributed by atoms with van der Waals surface area (Å²) in [4.78, 5) is 0. The van der Waals surface area contributed by atoms with Crippen molar-refractivity contribution in [3.63, 3.8) is 0 Å². The Hall–Kier alpha value is -1.02. The number of fused-ring (bicyclic) bond motifs is 2. The predicted octanol–water partition coefficient (Wildman–Crippen LogP) is 3.39. The van der Waals surface area contributed by atoms with E-state index in [1.165, 1.54) is 31.2 Å². The van der Waals surface area contributed by atoms with Gasteiger partial charge in [0.1, 0.15) is 5.75 Å². The molecular weight excluding hydrogens is 222 g/mol. The van der Waals surface area contributed by atoms with E-state index < -0.39 is 0 Å². The lowest BCUT2D eigenvalue weighted by atomic mass is 9.80. The van der Waals surface area contributed by atoms with Crippen molar-refractivity contribution in [3.05, 3.63) is 29.8 Å². The first-order chi connectivity index (χ1) is 8.81. The van der Waals surface area contributed by atoms with Gasteiger partial charge in [-0.05, 0) is 61.8 Å². The molecule has 0 saturated heterocycles. The van der Waals surface area contributed by atoms with Crippen molar-refractivity contribution < 1.29 is 4.74 Å². The van der Waals surface area contributed by atoms with E-state index in [0.717, 1.165) is 23.5 Å². The van der Waals surface area contributed by atoms with Crippen molar-refractivity contribution in [1.29, 1.82) is 0 Å². The van der Waals surface area contributed by atoms with Gasteiger partial charge in [-0.2, -0.15) is 0 Å². The first kappa shape index (κ1) is 12.0. The summed E-state index contributed by atoms with van der Waals surface area (Å²) in [7, 11) is 3.82. The van der Waals surface area contributed by atoms with Crippen LogP contribution in [0.3, 0.4) is 0 Å². The van der Waals surface area contributed by atoms with Gasteiger partial charge in [-0.1, -0.05) is 18.6 Å².